The van der Waals surface area contributed by atoms with Crippen LogP contribution in [0.25, 0.3) is 0 Å². The Balaban J connectivity index is -0.0000000793. The van der Waals surface area contributed by atoms with Gasteiger partial charge in [0.1, 0.15) is 0 Å². The van der Waals surface area contributed by atoms with E-state index in [0.717, 1.165) is 94.7 Å². The lowest BCUT2D eigenvalue weighted by Gasteiger charge is -2.20. The molecule has 0 aliphatic rings. The highest BCUT2D eigenvalue weighted by Gasteiger charge is 2.14. The van der Waals surface area contributed by atoms with E-state index in [1.54, 1.807) is 0 Å². The van der Waals surface area contributed by atoms with Crippen LogP contribution in [0.4, 0.5) is 0 Å². The molecule has 0 aromatic rings. The minimum Gasteiger partial charge on any atom is -0.0776 e. The average molecular weight is 874 g/mol. The van der Waals surface area contributed by atoms with Crippen LogP contribution >= 0.6 is 0 Å². The quantitative estimate of drug-likeness (QED) is 0.0906. The molecule has 0 radical (unpaired) electrons. The molecular formula is C61H140. The highest BCUT2D eigenvalue weighted by atomic mass is 14.2. The molecular weight excluding hydrogens is 733 g/mol. The molecule has 8 atom stereocenters. The Hall–Kier alpha value is 0. The first-order valence-electron chi connectivity index (χ1n) is 27.7. The summed E-state index contributed by atoms with van der Waals surface area (Å²) in [5.74, 6) is 14.2. The maximum Gasteiger partial charge on any atom is -0.0438 e. The van der Waals surface area contributed by atoms with Gasteiger partial charge in [-0.1, -0.05) is 229 Å². The summed E-state index contributed by atoms with van der Waals surface area (Å²) in [5.41, 5.74) is 0. The van der Waals surface area contributed by atoms with Crippen LogP contribution in [0, 0.1) is 94.7 Å². The first-order valence-corrected chi connectivity index (χ1v) is 27.7. The molecule has 0 heterocycles. The Morgan fingerprint density at radius 3 is 0.262 bits per heavy atom. The second-order valence-corrected chi connectivity index (χ2v) is 22.8. The summed E-state index contributed by atoms with van der Waals surface area (Å²) in [6.45, 7) is 72.4. The topological polar surface area (TPSA) is 0 Å². The van der Waals surface area contributed by atoms with Crippen LogP contribution < -0.4 is 0 Å². The van der Waals surface area contributed by atoms with Crippen molar-refractivity contribution in [3.05, 3.63) is 0 Å². The zero-order valence-corrected chi connectivity index (χ0v) is 49.7. The van der Waals surface area contributed by atoms with Gasteiger partial charge in [-0.15, -0.1) is 0 Å². The van der Waals surface area contributed by atoms with Crippen LogP contribution in [0.3, 0.4) is 0 Å². The molecule has 0 N–H and O–H groups in total. The molecule has 0 amide bonds. The Bertz CT molecular complexity index is 517. The van der Waals surface area contributed by atoms with Gasteiger partial charge in [-0.05, 0) is 172 Å². The molecule has 0 nitrogen and oxygen atoms in total. The van der Waals surface area contributed by atoms with Gasteiger partial charge in [0.15, 0.2) is 0 Å². The predicted octanol–water partition coefficient (Wildman–Crippen LogP) is 23.7. The van der Waals surface area contributed by atoms with Gasteiger partial charge >= 0.3 is 0 Å². The van der Waals surface area contributed by atoms with E-state index in [4.69, 9.17) is 0 Å². The van der Waals surface area contributed by atoms with Crippen LogP contribution in [0.15, 0.2) is 0 Å². The van der Waals surface area contributed by atoms with E-state index in [9.17, 15) is 0 Å². The second-order valence-electron chi connectivity index (χ2n) is 22.8. The lowest BCUT2D eigenvalue weighted by molar-refractivity contribution is 0.320. The monoisotopic (exact) mass is 873 g/mol. The zero-order valence-electron chi connectivity index (χ0n) is 49.7. The smallest absolute Gasteiger partial charge is 0.0438 e. The van der Waals surface area contributed by atoms with E-state index in [1.165, 1.54) is 77.0 Å². The highest BCUT2D eigenvalue weighted by Crippen LogP contribution is 2.26. The summed E-state index contributed by atoms with van der Waals surface area (Å²) in [7, 11) is 0. The Labute approximate surface area is 399 Å². The largest absolute Gasteiger partial charge is 0.0776 e. The van der Waals surface area contributed by atoms with Crippen LogP contribution in [0.1, 0.15) is 306 Å². The van der Waals surface area contributed by atoms with Crippen LogP contribution in [-0.4, -0.2) is 0 Å². The summed E-state index contributed by atoms with van der Waals surface area (Å²) in [6, 6.07) is 0. The minimum absolute atomic E-state index is 0. The molecule has 0 spiro atoms. The fourth-order valence-electron chi connectivity index (χ4n) is 9.96. The molecule has 0 aromatic heterocycles. The summed E-state index contributed by atoms with van der Waals surface area (Å²) < 4.78 is 0. The molecule has 0 aliphatic heterocycles. The van der Waals surface area contributed by atoms with Crippen molar-refractivity contribution < 1.29 is 0 Å². The average Bonchev–Trinajstić information content (AvgIpc) is 3.06. The molecule has 0 rings (SSSR count). The first kappa shape index (κ1) is 81.2. The van der Waals surface area contributed by atoms with Crippen molar-refractivity contribution in [3.8, 4) is 0 Å². The van der Waals surface area contributed by atoms with Crippen molar-refractivity contribution in [2.24, 2.45) is 94.7 Å². The second kappa shape index (κ2) is 58.0. The number of hydrogen-bond donors (Lipinski definition) is 0. The van der Waals surface area contributed by atoms with Crippen molar-refractivity contribution in [2.45, 2.75) is 306 Å². The van der Waals surface area contributed by atoms with Gasteiger partial charge in [-0.3, -0.25) is 0 Å². The molecule has 0 aliphatic carbocycles. The molecule has 0 heteroatoms. The third-order valence-corrected chi connectivity index (χ3v) is 10.2. The summed E-state index contributed by atoms with van der Waals surface area (Å²) in [4.78, 5) is 0. The van der Waals surface area contributed by atoms with E-state index in [1.807, 2.05) is 55.4 Å². The Morgan fingerprint density at radius 1 is 0.148 bits per heavy atom. The Morgan fingerprint density at radius 2 is 0.213 bits per heavy atom. The van der Waals surface area contributed by atoms with Crippen LogP contribution in [-0.2, 0) is 0 Å². The molecule has 0 aromatic carbocycles. The SMILES string of the molecule is C.CC.CC.CC.CC.CC(C)CC(C)CC(C)CC(C)C.CC(C)CC(C)CC(C)CC(C)C.CC(C)CC(C)CC(C)CC(C)C.CC(C)CC(C)CC(C)CC(C)C. The summed E-state index contributed by atoms with van der Waals surface area (Å²) in [6.07, 6.45) is 16.8. The van der Waals surface area contributed by atoms with Gasteiger partial charge in [0.2, 0.25) is 0 Å². The molecule has 384 valence electrons. The molecule has 0 bridgehead atoms. The molecule has 0 saturated carbocycles. The first-order chi connectivity index (χ1) is 27.7. The maximum absolute atomic E-state index is 2.40. The van der Waals surface area contributed by atoms with Crippen molar-refractivity contribution in [3.63, 3.8) is 0 Å². The van der Waals surface area contributed by atoms with E-state index in [2.05, 4.69) is 166 Å². The van der Waals surface area contributed by atoms with E-state index >= 15 is 0 Å². The van der Waals surface area contributed by atoms with Crippen molar-refractivity contribution in [2.75, 3.05) is 0 Å². The highest BCUT2D eigenvalue weighted by molar-refractivity contribution is 4.66. The number of hydrogen-bond acceptors (Lipinski definition) is 0. The van der Waals surface area contributed by atoms with E-state index in [0.29, 0.717) is 0 Å². The molecule has 0 fully saturated rings. The minimum atomic E-state index is 0. The fraction of sp³-hybridized carbons (Fsp3) is 1.00. The van der Waals surface area contributed by atoms with Crippen molar-refractivity contribution in [1.29, 1.82) is 0 Å². The number of rotatable bonds is 24. The molecule has 8 unspecified atom stereocenters. The van der Waals surface area contributed by atoms with Crippen molar-refractivity contribution in [1.82, 2.24) is 0 Å². The predicted molar refractivity (Wildman–Crippen MR) is 300 cm³/mol. The Kier molecular flexibility index (Phi) is 77.2. The van der Waals surface area contributed by atoms with E-state index < -0.39 is 0 Å². The lowest BCUT2D eigenvalue weighted by atomic mass is 9.86. The standard InChI is InChI=1S/4C13H28.4C2H6.CH4/c4*1-10(2)7-12(5)9-13(6)8-11(3)4;4*1-2;/h4*10-13H,7-9H2,1-6H3;4*1-2H3;1H4. The van der Waals surface area contributed by atoms with Gasteiger partial charge in [-0.25, -0.2) is 0 Å². The van der Waals surface area contributed by atoms with Gasteiger partial charge in [0.05, 0.1) is 0 Å². The third-order valence-electron chi connectivity index (χ3n) is 10.2. The van der Waals surface area contributed by atoms with Gasteiger partial charge in [0, 0.05) is 0 Å². The van der Waals surface area contributed by atoms with Crippen LogP contribution in [0.2, 0.25) is 0 Å². The molecule has 0 saturated heterocycles. The third kappa shape index (κ3) is 87.6. The normalized spacial score (nSPS) is 14.6. The summed E-state index contributed by atoms with van der Waals surface area (Å²) in [5, 5.41) is 0. The lowest BCUT2D eigenvalue weighted by Crippen LogP contribution is -2.08. The van der Waals surface area contributed by atoms with Gasteiger partial charge in [-0.2, -0.15) is 0 Å². The van der Waals surface area contributed by atoms with Crippen LogP contribution in [0.5, 0.6) is 0 Å². The maximum atomic E-state index is 2.40. The van der Waals surface area contributed by atoms with Gasteiger partial charge < -0.3 is 0 Å². The summed E-state index contributed by atoms with van der Waals surface area (Å²) >= 11 is 0. The fourth-order valence-corrected chi connectivity index (χ4v) is 9.96. The molecule has 61 heavy (non-hydrogen) atoms. The van der Waals surface area contributed by atoms with Crippen molar-refractivity contribution >= 4 is 0 Å². The zero-order chi connectivity index (χ0) is 49.7. The van der Waals surface area contributed by atoms with E-state index in [-0.39, 0.29) is 7.43 Å². The van der Waals surface area contributed by atoms with Gasteiger partial charge in [0.25, 0.3) is 0 Å².